The lowest BCUT2D eigenvalue weighted by Crippen LogP contribution is -2.50. The molecule has 1 unspecified atom stereocenters. The average Bonchev–Trinajstić information content (AvgIpc) is 3.28. The lowest BCUT2D eigenvalue weighted by Gasteiger charge is -2.39. The first kappa shape index (κ1) is 20.5. The highest BCUT2D eigenvalue weighted by Gasteiger charge is 2.24. The second-order valence-electron chi connectivity index (χ2n) is 7.74. The molecular weight excluding hydrogens is 424 g/mol. The van der Waals surface area contributed by atoms with E-state index in [4.69, 9.17) is 11.6 Å². The number of alkyl halides is 1. The van der Waals surface area contributed by atoms with Crippen LogP contribution in [0.15, 0.2) is 60.9 Å². The Labute approximate surface area is 191 Å². The normalized spacial score (nSPS) is 16.9. The van der Waals surface area contributed by atoms with Gasteiger partial charge in [0.2, 0.25) is 5.95 Å². The average molecular weight is 449 g/mol. The third-order valence-electron chi connectivity index (χ3n) is 5.69. The highest BCUT2D eigenvalue weighted by Crippen LogP contribution is 2.24. The highest BCUT2D eigenvalue weighted by atomic mass is 35.5. The van der Waals surface area contributed by atoms with Gasteiger partial charge in [-0.05, 0) is 55.1 Å². The Balaban J connectivity index is 1.24. The van der Waals surface area contributed by atoms with Crippen LogP contribution in [-0.2, 0) is 0 Å². The number of nitrogens with one attached hydrogen (secondary N) is 3. The van der Waals surface area contributed by atoms with E-state index in [0.717, 1.165) is 48.5 Å². The van der Waals surface area contributed by atoms with Crippen molar-refractivity contribution >= 4 is 51.3 Å². The molecule has 32 heavy (non-hydrogen) atoms. The number of fused-ring (bicyclic) bond motifs is 1. The molecule has 0 spiro atoms. The molecule has 3 heterocycles. The van der Waals surface area contributed by atoms with E-state index in [0.29, 0.717) is 11.8 Å². The molecule has 4 aromatic rings. The van der Waals surface area contributed by atoms with Crippen LogP contribution in [0.3, 0.4) is 0 Å². The van der Waals surface area contributed by atoms with Gasteiger partial charge in [0.25, 0.3) is 0 Å². The molecule has 0 amide bonds. The number of benzene rings is 2. The van der Waals surface area contributed by atoms with Crippen LogP contribution in [0.1, 0.15) is 6.92 Å². The molecule has 1 aliphatic rings. The predicted octanol–water partition coefficient (Wildman–Crippen LogP) is 4.55. The lowest BCUT2D eigenvalue weighted by molar-refractivity contribution is 0.243. The Morgan fingerprint density at radius 1 is 1.06 bits per heavy atom. The Morgan fingerprint density at radius 3 is 2.72 bits per heavy atom. The monoisotopic (exact) mass is 448 g/mol. The fourth-order valence-electron chi connectivity index (χ4n) is 3.91. The molecule has 3 N–H and O–H groups in total. The van der Waals surface area contributed by atoms with Crippen LogP contribution >= 0.6 is 11.6 Å². The van der Waals surface area contributed by atoms with Gasteiger partial charge in [-0.2, -0.15) is 10.1 Å². The molecule has 8 nitrogen and oxygen atoms in total. The quantitative estimate of drug-likeness (QED) is 0.295. The van der Waals surface area contributed by atoms with Gasteiger partial charge in [-0.1, -0.05) is 6.92 Å². The molecule has 1 aliphatic heterocycles. The zero-order valence-corrected chi connectivity index (χ0v) is 18.5. The first-order valence-electron chi connectivity index (χ1n) is 10.7. The minimum Gasteiger partial charge on any atom is -0.367 e. The summed E-state index contributed by atoms with van der Waals surface area (Å²) in [5, 5.41) is 14.7. The van der Waals surface area contributed by atoms with Gasteiger partial charge in [0.05, 0.1) is 11.7 Å². The van der Waals surface area contributed by atoms with Gasteiger partial charge < -0.3 is 15.5 Å². The standard InChI is InChI=1S/C23H25ClN8/c1-2-31-11-12-32(15-21(31)24)19-6-3-17(4-7-19)28-23-25-10-9-22(29-23)27-18-5-8-20-16(13-18)14-26-30-20/h3-10,13-14,21H,2,11-12,15H2,1H3,(H,26,30)(H2,25,27,28,29). The molecule has 0 radical (unpaired) electrons. The van der Waals surface area contributed by atoms with E-state index in [2.05, 4.69) is 59.7 Å². The number of rotatable bonds is 6. The van der Waals surface area contributed by atoms with Crippen molar-refractivity contribution in [3.05, 3.63) is 60.9 Å². The number of likely N-dealkylation sites (N-methyl/N-ethyl adjacent to an activating group) is 1. The zero-order chi connectivity index (χ0) is 21.9. The Hall–Kier alpha value is -3.36. The lowest BCUT2D eigenvalue weighted by atomic mass is 10.2. The first-order valence-corrected chi connectivity index (χ1v) is 11.1. The maximum Gasteiger partial charge on any atom is 0.229 e. The van der Waals surface area contributed by atoms with Crippen molar-refractivity contribution in [2.75, 3.05) is 41.7 Å². The molecule has 2 aromatic heterocycles. The van der Waals surface area contributed by atoms with E-state index < -0.39 is 0 Å². The topological polar surface area (TPSA) is 85.0 Å². The molecule has 0 saturated carbocycles. The summed E-state index contributed by atoms with van der Waals surface area (Å²) in [4.78, 5) is 13.5. The van der Waals surface area contributed by atoms with Crippen molar-refractivity contribution in [2.45, 2.75) is 12.4 Å². The van der Waals surface area contributed by atoms with E-state index in [9.17, 15) is 0 Å². The molecule has 0 aliphatic carbocycles. The predicted molar refractivity (Wildman–Crippen MR) is 130 cm³/mol. The fraction of sp³-hybridized carbons (Fsp3) is 0.261. The molecule has 9 heteroatoms. The molecule has 2 aromatic carbocycles. The largest absolute Gasteiger partial charge is 0.367 e. The highest BCUT2D eigenvalue weighted by molar-refractivity contribution is 6.20. The Bertz CT molecular complexity index is 1190. The van der Waals surface area contributed by atoms with Gasteiger partial charge in [-0.3, -0.25) is 10.00 Å². The summed E-state index contributed by atoms with van der Waals surface area (Å²) in [5.74, 6) is 1.24. The van der Waals surface area contributed by atoms with Crippen LogP contribution < -0.4 is 15.5 Å². The minimum absolute atomic E-state index is 0.0458. The summed E-state index contributed by atoms with van der Waals surface area (Å²) >= 11 is 6.51. The number of anilines is 5. The number of aromatic nitrogens is 4. The summed E-state index contributed by atoms with van der Waals surface area (Å²) < 4.78 is 0. The van der Waals surface area contributed by atoms with Crippen LogP contribution in [0.5, 0.6) is 0 Å². The SMILES string of the molecule is CCN1CCN(c2ccc(Nc3nccc(Nc4ccc5[nH]ncc5c4)n3)cc2)CC1Cl. The summed E-state index contributed by atoms with van der Waals surface area (Å²) in [5.41, 5.74) is 4.08. The maximum absolute atomic E-state index is 6.51. The second kappa shape index (κ2) is 9.02. The van der Waals surface area contributed by atoms with Crippen LogP contribution in [0.4, 0.5) is 28.8 Å². The molecule has 0 bridgehead atoms. The Kier molecular flexibility index (Phi) is 5.79. The molecule has 5 rings (SSSR count). The van der Waals surface area contributed by atoms with E-state index in [1.807, 2.05) is 36.4 Å². The first-order chi connectivity index (χ1) is 15.7. The van der Waals surface area contributed by atoms with E-state index in [1.54, 1.807) is 12.4 Å². The molecule has 1 fully saturated rings. The molecule has 164 valence electrons. The van der Waals surface area contributed by atoms with E-state index in [-0.39, 0.29) is 5.50 Å². The smallest absolute Gasteiger partial charge is 0.229 e. The number of hydrogen-bond donors (Lipinski definition) is 3. The number of aromatic amines is 1. The molecule has 1 saturated heterocycles. The van der Waals surface area contributed by atoms with Crippen LogP contribution in [0, 0.1) is 0 Å². The minimum atomic E-state index is 0.0458. The van der Waals surface area contributed by atoms with Crippen molar-refractivity contribution in [3.63, 3.8) is 0 Å². The van der Waals surface area contributed by atoms with Crippen molar-refractivity contribution in [1.29, 1.82) is 0 Å². The van der Waals surface area contributed by atoms with Gasteiger partial charge >= 0.3 is 0 Å². The summed E-state index contributed by atoms with van der Waals surface area (Å²) in [6, 6.07) is 16.1. The summed E-state index contributed by atoms with van der Waals surface area (Å²) in [6.45, 7) is 5.91. The van der Waals surface area contributed by atoms with Crippen molar-refractivity contribution < 1.29 is 0 Å². The zero-order valence-electron chi connectivity index (χ0n) is 17.8. The number of halogens is 1. The van der Waals surface area contributed by atoms with Crippen LogP contribution in [0.25, 0.3) is 10.9 Å². The van der Waals surface area contributed by atoms with Gasteiger partial charge in [-0.15, -0.1) is 11.6 Å². The van der Waals surface area contributed by atoms with Gasteiger partial charge in [0.15, 0.2) is 0 Å². The van der Waals surface area contributed by atoms with E-state index in [1.165, 1.54) is 5.69 Å². The number of piperazine rings is 1. The third-order valence-corrected chi connectivity index (χ3v) is 6.10. The van der Waals surface area contributed by atoms with Gasteiger partial charge in [-0.25, -0.2) is 4.98 Å². The third kappa shape index (κ3) is 4.46. The van der Waals surface area contributed by atoms with Crippen LogP contribution in [-0.4, -0.2) is 56.7 Å². The number of H-pyrrole nitrogens is 1. The maximum atomic E-state index is 6.51. The van der Waals surface area contributed by atoms with Gasteiger partial charge in [0.1, 0.15) is 11.3 Å². The van der Waals surface area contributed by atoms with E-state index >= 15 is 0 Å². The second-order valence-corrected chi connectivity index (χ2v) is 8.25. The summed E-state index contributed by atoms with van der Waals surface area (Å²) in [6.07, 6.45) is 3.53. The molecular formula is C23H25ClN8. The van der Waals surface area contributed by atoms with Crippen molar-refractivity contribution in [2.24, 2.45) is 0 Å². The van der Waals surface area contributed by atoms with Crippen LogP contribution in [0.2, 0.25) is 0 Å². The number of hydrogen-bond acceptors (Lipinski definition) is 7. The Morgan fingerprint density at radius 2 is 1.91 bits per heavy atom. The van der Waals surface area contributed by atoms with Crippen molar-refractivity contribution in [1.82, 2.24) is 25.1 Å². The van der Waals surface area contributed by atoms with Crippen molar-refractivity contribution in [3.8, 4) is 0 Å². The molecule has 1 atom stereocenters. The number of nitrogens with zero attached hydrogens (tertiary/aromatic N) is 5. The fourth-order valence-corrected chi connectivity index (χ4v) is 4.31. The summed E-state index contributed by atoms with van der Waals surface area (Å²) in [7, 11) is 0. The van der Waals surface area contributed by atoms with Gasteiger partial charge in [0, 0.05) is 48.3 Å².